The van der Waals surface area contributed by atoms with Crippen molar-refractivity contribution in [2.75, 3.05) is 0 Å². The first-order valence-electron chi connectivity index (χ1n) is 4.91. The fourth-order valence-corrected chi connectivity index (χ4v) is 1.01. The van der Waals surface area contributed by atoms with Crippen molar-refractivity contribution in [3.63, 3.8) is 0 Å². The Morgan fingerprint density at radius 1 is 1.00 bits per heavy atom. The highest BCUT2D eigenvalue weighted by Crippen LogP contribution is 1.87. The Morgan fingerprint density at radius 3 is 2.00 bits per heavy atom. The van der Waals surface area contributed by atoms with Crippen molar-refractivity contribution in [3.05, 3.63) is 65.4 Å². The van der Waals surface area contributed by atoms with Crippen molar-refractivity contribution in [3.8, 4) is 0 Å². The minimum absolute atomic E-state index is 0.729. The molecule has 0 amide bonds. The number of nitrogens with zero attached hydrogens (tertiary/aromatic N) is 2. The van der Waals surface area contributed by atoms with Crippen LogP contribution in [0.4, 0.5) is 0 Å². The Kier molecular flexibility index (Phi) is 4.27. The Balaban J connectivity index is 0.000000160. The summed E-state index contributed by atoms with van der Waals surface area (Å²) >= 11 is 0. The molecule has 0 aliphatic heterocycles. The number of aryl methyl sites for hydroxylation is 2. The van der Waals surface area contributed by atoms with E-state index in [2.05, 4.69) is 0 Å². The van der Waals surface area contributed by atoms with Gasteiger partial charge in [0.25, 0.3) is 0 Å². The number of pyridine rings is 2. The molecule has 0 saturated heterocycles. The fraction of sp³-hybridized carbons (Fsp3) is 0.167. The van der Waals surface area contributed by atoms with E-state index in [-0.39, 0.29) is 0 Å². The monoisotopic (exact) mass is 219 g/mol. The molecule has 0 fully saturated rings. The van der Waals surface area contributed by atoms with Crippen LogP contribution in [0.1, 0.15) is 11.3 Å². The molecule has 0 aromatic carbocycles. The summed E-state index contributed by atoms with van der Waals surface area (Å²) in [4.78, 5) is 0. The van der Waals surface area contributed by atoms with Gasteiger partial charge in [-0.25, -0.2) is 0 Å². The molecule has 2 aromatic heterocycles. The zero-order chi connectivity index (χ0) is 12.0. The fourth-order valence-electron chi connectivity index (χ4n) is 1.01. The summed E-state index contributed by atoms with van der Waals surface area (Å²) in [5.74, 6) is 0. The lowest BCUT2D eigenvalue weighted by Crippen LogP contribution is -2.28. The van der Waals surface area contributed by atoms with Gasteiger partial charge in [0, 0.05) is 35.9 Å². The van der Waals surface area contributed by atoms with Crippen LogP contribution in [0.5, 0.6) is 0 Å². The second-order valence-electron chi connectivity index (χ2n) is 3.42. The topological polar surface area (TPSA) is 51.0 Å². The van der Waals surface area contributed by atoms with E-state index in [4.69, 9.17) is 5.21 Å². The first-order chi connectivity index (χ1) is 7.59. The number of hydrogen-bond acceptors (Lipinski definition) is 2. The third-order valence-electron chi connectivity index (χ3n) is 2.00. The quantitative estimate of drug-likeness (QED) is 0.410. The molecule has 16 heavy (non-hydrogen) atoms. The van der Waals surface area contributed by atoms with Crippen LogP contribution in [-0.2, 0) is 0 Å². The van der Waals surface area contributed by atoms with Crippen molar-refractivity contribution in [2.45, 2.75) is 13.8 Å². The zero-order valence-electron chi connectivity index (χ0n) is 9.37. The molecule has 0 atom stereocenters. The largest absolute Gasteiger partial charge is 0.619 e. The molecule has 2 heterocycles. The molecule has 0 unspecified atom stereocenters. The van der Waals surface area contributed by atoms with Crippen LogP contribution >= 0.6 is 0 Å². The van der Waals surface area contributed by atoms with Gasteiger partial charge in [0.1, 0.15) is 0 Å². The molecule has 2 aromatic rings. The SMILES string of the molecule is Cc1cc[n+](O)cc1.Cc1cccc[n+]1[O-]. The summed E-state index contributed by atoms with van der Waals surface area (Å²) in [7, 11) is 0. The van der Waals surface area contributed by atoms with Gasteiger partial charge in [0.05, 0.1) is 0 Å². The molecule has 2 rings (SSSR count). The van der Waals surface area contributed by atoms with Gasteiger partial charge in [-0.15, -0.1) is 0 Å². The van der Waals surface area contributed by atoms with Crippen molar-refractivity contribution in [1.29, 1.82) is 0 Å². The molecule has 0 spiro atoms. The molecule has 0 bridgehead atoms. The van der Waals surface area contributed by atoms with Gasteiger partial charge in [-0.05, 0) is 12.5 Å². The van der Waals surface area contributed by atoms with E-state index < -0.39 is 0 Å². The smallest absolute Gasteiger partial charge is 0.222 e. The molecular weight excluding hydrogens is 204 g/mol. The summed E-state index contributed by atoms with van der Waals surface area (Å²) in [6.07, 6.45) is 4.67. The second-order valence-corrected chi connectivity index (χ2v) is 3.42. The lowest BCUT2D eigenvalue weighted by atomic mass is 10.3. The predicted molar refractivity (Wildman–Crippen MR) is 58.7 cm³/mol. The van der Waals surface area contributed by atoms with Gasteiger partial charge in [0.2, 0.25) is 12.4 Å². The molecule has 84 valence electrons. The minimum Gasteiger partial charge on any atom is -0.619 e. The Hall–Kier alpha value is -2.10. The molecule has 0 saturated carbocycles. The normalized spacial score (nSPS) is 9.12. The summed E-state index contributed by atoms with van der Waals surface area (Å²) < 4.78 is 1.85. The van der Waals surface area contributed by atoms with Crippen LogP contribution in [0.25, 0.3) is 0 Å². The molecule has 4 heteroatoms. The predicted octanol–water partition coefficient (Wildman–Crippen LogP) is 1.15. The van der Waals surface area contributed by atoms with Crippen LogP contribution in [0.2, 0.25) is 0 Å². The van der Waals surface area contributed by atoms with E-state index in [1.165, 1.54) is 6.20 Å². The van der Waals surface area contributed by atoms with E-state index in [0.29, 0.717) is 0 Å². The van der Waals surface area contributed by atoms with E-state index in [9.17, 15) is 5.21 Å². The van der Waals surface area contributed by atoms with E-state index >= 15 is 0 Å². The van der Waals surface area contributed by atoms with Gasteiger partial charge in [-0.1, -0.05) is 6.07 Å². The Morgan fingerprint density at radius 2 is 1.62 bits per heavy atom. The van der Waals surface area contributed by atoms with E-state index in [1.54, 1.807) is 31.5 Å². The maximum atomic E-state index is 10.5. The minimum atomic E-state index is 0.729. The van der Waals surface area contributed by atoms with Gasteiger partial charge >= 0.3 is 0 Å². The van der Waals surface area contributed by atoms with Crippen LogP contribution in [-0.4, -0.2) is 5.21 Å². The average molecular weight is 219 g/mol. The number of aromatic nitrogens is 2. The van der Waals surface area contributed by atoms with E-state index in [1.807, 2.05) is 25.1 Å². The molecule has 0 radical (unpaired) electrons. The van der Waals surface area contributed by atoms with Crippen molar-refractivity contribution < 1.29 is 14.7 Å². The van der Waals surface area contributed by atoms with Gasteiger partial charge in [-0.3, -0.25) is 5.21 Å². The van der Waals surface area contributed by atoms with Crippen molar-refractivity contribution >= 4 is 0 Å². The van der Waals surface area contributed by atoms with Crippen LogP contribution in [0.3, 0.4) is 0 Å². The van der Waals surface area contributed by atoms with Crippen molar-refractivity contribution in [2.24, 2.45) is 0 Å². The molecular formula is C12H15N2O2+. The molecule has 1 N–H and O–H groups in total. The lowest BCUT2D eigenvalue weighted by molar-refractivity contribution is -0.904. The molecule has 0 aliphatic carbocycles. The maximum absolute atomic E-state index is 10.5. The summed E-state index contributed by atoms with van der Waals surface area (Å²) in [6, 6.07) is 8.98. The van der Waals surface area contributed by atoms with Crippen molar-refractivity contribution in [1.82, 2.24) is 0 Å². The first-order valence-corrected chi connectivity index (χ1v) is 4.91. The highest BCUT2D eigenvalue weighted by Gasteiger charge is 1.90. The maximum Gasteiger partial charge on any atom is 0.222 e. The second kappa shape index (κ2) is 5.70. The first kappa shape index (κ1) is 12.0. The molecule has 4 nitrogen and oxygen atoms in total. The Bertz CT molecular complexity index is 399. The number of rotatable bonds is 0. The average Bonchev–Trinajstić information content (AvgIpc) is 2.28. The van der Waals surface area contributed by atoms with Gasteiger partial charge < -0.3 is 5.21 Å². The van der Waals surface area contributed by atoms with Crippen LogP contribution in [0.15, 0.2) is 48.9 Å². The highest BCUT2D eigenvalue weighted by atomic mass is 16.5. The zero-order valence-corrected chi connectivity index (χ0v) is 9.37. The highest BCUT2D eigenvalue weighted by molar-refractivity contribution is 5.02. The summed E-state index contributed by atoms with van der Waals surface area (Å²) in [5.41, 5.74) is 1.88. The summed E-state index contributed by atoms with van der Waals surface area (Å²) in [6.45, 7) is 3.74. The van der Waals surface area contributed by atoms with E-state index in [0.717, 1.165) is 20.7 Å². The van der Waals surface area contributed by atoms with Crippen LogP contribution < -0.4 is 9.46 Å². The number of hydrogen-bond donors (Lipinski definition) is 1. The third-order valence-corrected chi connectivity index (χ3v) is 2.00. The standard InChI is InChI=1S/C6H8NO.C6H7NO/c1-6-2-4-7(8)5-3-6;1-6-4-2-3-5-7(6)8/h2-5,8H,1H3;2-5H,1H3/q+1;. The van der Waals surface area contributed by atoms with Gasteiger partial charge in [-0.2, -0.15) is 4.73 Å². The summed E-state index contributed by atoms with van der Waals surface area (Å²) in [5, 5.41) is 19.2. The molecule has 0 aliphatic rings. The lowest BCUT2D eigenvalue weighted by Gasteiger charge is -1.95. The van der Waals surface area contributed by atoms with Gasteiger partial charge in [0.15, 0.2) is 11.9 Å². The third kappa shape index (κ3) is 3.96. The van der Waals surface area contributed by atoms with Crippen LogP contribution in [0, 0.1) is 19.1 Å². The Labute approximate surface area is 94.6 Å².